The first kappa shape index (κ1) is 23.2. The number of hydrogen-bond acceptors (Lipinski definition) is 5. The largest absolute Gasteiger partial charge is 0.466 e. The van der Waals surface area contributed by atoms with Gasteiger partial charge in [-0.2, -0.15) is 0 Å². The number of morpholine rings is 1. The summed E-state index contributed by atoms with van der Waals surface area (Å²) >= 11 is 0. The molecule has 0 bridgehead atoms. The zero-order chi connectivity index (χ0) is 18.0. The van der Waals surface area contributed by atoms with Gasteiger partial charge in [0.15, 0.2) is 5.96 Å². The summed E-state index contributed by atoms with van der Waals surface area (Å²) in [7, 11) is 0. The van der Waals surface area contributed by atoms with Gasteiger partial charge in [0, 0.05) is 26.2 Å². The van der Waals surface area contributed by atoms with Crippen LogP contribution in [0.4, 0.5) is 0 Å². The fraction of sp³-hybridized carbons (Fsp3) is 0.722. The molecule has 0 amide bonds. The van der Waals surface area contributed by atoms with Crippen molar-refractivity contribution in [2.24, 2.45) is 4.99 Å². The molecule has 1 atom stereocenters. The highest BCUT2D eigenvalue weighted by molar-refractivity contribution is 14.0. The van der Waals surface area contributed by atoms with Gasteiger partial charge in [0.25, 0.3) is 0 Å². The van der Waals surface area contributed by atoms with Crippen molar-refractivity contribution in [1.29, 1.82) is 0 Å². The van der Waals surface area contributed by atoms with Gasteiger partial charge in [-0.1, -0.05) is 0 Å². The van der Waals surface area contributed by atoms with Crippen LogP contribution >= 0.6 is 24.0 Å². The lowest BCUT2D eigenvalue weighted by Gasteiger charge is -2.26. The molecular formula is C18H33IN4O3. The fourth-order valence-electron chi connectivity index (χ4n) is 2.73. The molecule has 1 saturated heterocycles. The smallest absolute Gasteiger partial charge is 0.191 e. The molecule has 1 fully saturated rings. The number of halogens is 1. The van der Waals surface area contributed by atoms with Crippen molar-refractivity contribution in [1.82, 2.24) is 15.5 Å². The van der Waals surface area contributed by atoms with Crippen LogP contribution in [-0.2, 0) is 10.3 Å². The van der Waals surface area contributed by atoms with E-state index in [0.29, 0.717) is 5.76 Å². The number of ether oxygens (including phenoxy) is 1. The molecule has 1 aromatic rings. The molecule has 1 aliphatic rings. The van der Waals surface area contributed by atoms with Crippen molar-refractivity contribution >= 4 is 29.9 Å². The summed E-state index contributed by atoms with van der Waals surface area (Å²) in [5, 5.41) is 17.0. The van der Waals surface area contributed by atoms with E-state index in [0.717, 1.165) is 64.7 Å². The third kappa shape index (κ3) is 8.24. The second kappa shape index (κ2) is 12.5. The fourth-order valence-corrected chi connectivity index (χ4v) is 2.73. The number of hydrogen-bond donors (Lipinski definition) is 3. The highest BCUT2D eigenvalue weighted by Crippen LogP contribution is 2.20. The number of unbranched alkanes of at least 4 members (excludes halogenated alkanes) is 1. The zero-order valence-electron chi connectivity index (χ0n) is 15.9. The molecule has 1 unspecified atom stereocenters. The zero-order valence-corrected chi connectivity index (χ0v) is 18.2. The Morgan fingerprint density at radius 3 is 2.73 bits per heavy atom. The Labute approximate surface area is 173 Å². The molecule has 2 heterocycles. The van der Waals surface area contributed by atoms with Crippen LogP contribution in [0.1, 0.15) is 32.4 Å². The van der Waals surface area contributed by atoms with Gasteiger partial charge in [-0.3, -0.25) is 4.90 Å². The van der Waals surface area contributed by atoms with Crippen LogP contribution in [0.25, 0.3) is 0 Å². The van der Waals surface area contributed by atoms with E-state index in [2.05, 4.69) is 20.5 Å². The van der Waals surface area contributed by atoms with Crippen LogP contribution in [0, 0.1) is 0 Å². The quantitative estimate of drug-likeness (QED) is 0.216. The van der Waals surface area contributed by atoms with Gasteiger partial charge < -0.3 is 24.9 Å². The van der Waals surface area contributed by atoms with E-state index in [4.69, 9.17) is 9.15 Å². The Morgan fingerprint density at radius 1 is 1.31 bits per heavy atom. The van der Waals surface area contributed by atoms with Crippen molar-refractivity contribution in [2.45, 2.75) is 32.3 Å². The highest BCUT2D eigenvalue weighted by Gasteiger charge is 2.26. The maximum atomic E-state index is 10.5. The van der Waals surface area contributed by atoms with Crippen LogP contribution < -0.4 is 10.6 Å². The monoisotopic (exact) mass is 480 g/mol. The van der Waals surface area contributed by atoms with Gasteiger partial charge in [0.1, 0.15) is 11.4 Å². The summed E-state index contributed by atoms with van der Waals surface area (Å²) in [4.78, 5) is 6.93. The number of furan rings is 1. The van der Waals surface area contributed by atoms with Crippen molar-refractivity contribution in [3.8, 4) is 0 Å². The molecule has 1 aliphatic heterocycles. The minimum absolute atomic E-state index is 0. The molecule has 1 aromatic heterocycles. The molecule has 26 heavy (non-hydrogen) atoms. The molecular weight excluding hydrogens is 447 g/mol. The van der Waals surface area contributed by atoms with Crippen LogP contribution in [0.3, 0.4) is 0 Å². The lowest BCUT2D eigenvalue weighted by molar-refractivity contribution is 0.0372. The predicted octanol–water partition coefficient (Wildman–Crippen LogP) is 1.77. The molecule has 3 N–H and O–H groups in total. The molecule has 7 nitrogen and oxygen atoms in total. The van der Waals surface area contributed by atoms with E-state index in [1.807, 2.05) is 6.92 Å². The van der Waals surface area contributed by atoms with Crippen LogP contribution in [0.2, 0.25) is 0 Å². The van der Waals surface area contributed by atoms with Gasteiger partial charge in [-0.15, -0.1) is 24.0 Å². The summed E-state index contributed by atoms with van der Waals surface area (Å²) in [5.41, 5.74) is -1.11. The maximum Gasteiger partial charge on any atom is 0.191 e. The third-order valence-electron chi connectivity index (χ3n) is 4.24. The second-order valence-corrected chi connectivity index (χ2v) is 6.53. The topological polar surface area (TPSA) is 82.3 Å². The first-order valence-corrected chi connectivity index (χ1v) is 9.20. The van der Waals surface area contributed by atoms with Gasteiger partial charge >= 0.3 is 0 Å². The van der Waals surface area contributed by atoms with Crippen LogP contribution in [0.5, 0.6) is 0 Å². The molecule has 0 aromatic carbocycles. The molecule has 2 rings (SSSR count). The number of rotatable bonds is 9. The number of nitrogens with zero attached hydrogens (tertiary/aromatic N) is 2. The summed E-state index contributed by atoms with van der Waals surface area (Å²) in [6.07, 6.45) is 3.79. The van der Waals surface area contributed by atoms with E-state index in [1.165, 1.54) is 0 Å². The van der Waals surface area contributed by atoms with Crippen molar-refractivity contribution in [3.63, 3.8) is 0 Å². The summed E-state index contributed by atoms with van der Waals surface area (Å²) in [5.74, 6) is 1.25. The van der Waals surface area contributed by atoms with Gasteiger partial charge in [0.2, 0.25) is 0 Å². The minimum Gasteiger partial charge on any atom is -0.466 e. The average Bonchev–Trinajstić information content (AvgIpc) is 3.16. The van der Waals surface area contributed by atoms with Crippen LogP contribution in [0.15, 0.2) is 27.8 Å². The lowest BCUT2D eigenvalue weighted by atomic mass is 10.0. The summed E-state index contributed by atoms with van der Waals surface area (Å²) in [6, 6.07) is 3.53. The molecule has 0 aliphatic carbocycles. The number of nitrogens with one attached hydrogen (secondary N) is 2. The Bertz CT molecular complexity index is 503. The standard InChI is InChI=1S/C18H32N4O3.HI/c1-3-19-17(21-15-18(2,23)16-7-6-12-25-16)20-8-4-5-9-22-10-13-24-14-11-22;/h6-7,12,23H,3-5,8-11,13-15H2,1-2H3,(H2,19,20,21);1H. The van der Waals surface area contributed by atoms with Gasteiger partial charge in [-0.25, -0.2) is 4.99 Å². The molecule has 0 saturated carbocycles. The lowest BCUT2D eigenvalue weighted by Crippen LogP contribution is -2.40. The average molecular weight is 480 g/mol. The predicted molar refractivity (Wildman–Crippen MR) is 114 cm³/mol. The van der Waals surface area contributed by atoms with E-state index in [1.54, 1.807) is 25.3 Å². The molecule has 150 valence electrons. The normalized spacial score (nSPS) is 18.0. The van der Waals surface area contributed by atoms with E-state index < -0.39 is 5.60 Å². The van der Waals surface area contributed by atoms with Gasteiger partial charge in [-0.05, 0) is 45.4 Å². The number of guanidine groups is 1. The van der Waals surface area contributed by atoms with E-state index in [-0.39, 0.29) is 30.5 Å². The number of aliphatic hydroxyl groups is 1. The maximum absolute atomic E-state index is 10.5. The van der Waals surface area contributed by atoms with E-state index in [9.17, 15) is 5.11 Å². The number of aliphatic imine (C=N–C) groups is 1. The minimum atomic E-state index is -1.11. The summed E-state index contributed by atoms with van der Waals surface area (Å²) in [6.45, 7) is 10.5. The highest BCUT2D eigenvalue weighted by atomic mass is 127. The van der Waals surface area contributed by atoms with E-state index >= 15 is 0 Å². The first-order chi connectivity index (χ1) is 12.1. The Balaban J connectivity index is 0.00000338. The SMILES string of the molecule is CCNC(=NCC(C)(O)c1ccco1)NCCCCN1CCOCC1.I. The van der Waals surface area contributed by atoms with Crippen molar-refractivity contribution < 1.29 is 14.3 Å². The Kier molecular flexibility index (Phi) is 11.2. The molecule has 8 heteroatoms. The van der Waals surface area contributed by atoms with Crippen molar-refractivity contribution in [2.75, 3.05) is 52.5 Å². The van der Waals surface area contributed by atoms with Gasteiger partial charge in [0.05, 0.1) is 26.0 Å². The third-order valence-corrected chi connectivity index (χ3v) is 4.24. The Morgan fingerprint density at radius 2 is 2.08 bits per heavy atom. The molecule has 0 spiro atoms. The first-order valence-electron chi connectivity index (χ1n) is 9.20. The second-order valence-electron chi connectivity index (χ2n) is 6.53. The van der Waals surface area contributed by atoms with Crippen molar-refractivity contribution in [3.05, 3.63) is 24.2 Å². The van der Waals surface area contributed by atoms with Crippen LogP contribution in [-0.4, -0.2) is 68.4 Å². The summed E-state index contributed by atoms with van der Waals surface area (Å²) < 4.78 is 10.6. The molecule has 0 radical (unpaired) electrons. The Hall–Kier alpha value is -0.840.